The number of nitrogens with zero attached hydrogens (tertiary/aromatic N) is 2. The SMILES string of the molecule is CCOc1cc(C=c2sc3n(c2=O)C(c2ccccc2Cl)C(C(=O)OCCOC)=C(C)N=3)ccc1OC(C)=O. The number of halogens is 1. The standard InChI is InChI=1S/C28H27ClN2O7S/c1-5-36-22-14-18(10-11-21(22)38-17(3)32)15-23-26(33)31-25(19-8-6-7-9-20(19)29)24(16(2)30-28(31)39-23)27(34)37-13-12-35-4/h6-11,14-15,25H,5,12-13H2,1-4H3. The topological polar surface area (TPSA) is 105 Å². The van der Waals surface area contributed by atoms with Crippen molar-refractivity contribution in [3.8, 4) is 11.5 Å². The quantitative estimate of drug-likeness (QED) is 0.220. The summed E-state index contributed by atoms with van der Waals surface area (Å²) in [6.07, 6.45) is 1.70. The predicted octanol–water partition coefficient (Wildman–Crippen LogP) is 3.40. The number of carbonyl (C=O) groups is 2. The van der Waals surface area contributed by atoms with Crippen molar-refractivity contribution < 1.29 is 28.5 Å². The first-order valence-corrected chi connectivity index (χ1v) is 13.3. The Hall–Kier alpha value is -3.73. The molecule has 1 aromatic heterocycles. The summed E-state index contributed by atoms with van der Waals surface area (Å²) in [5.74, 6) is -0.410. The van der Waals surface area contributed by atoms with Gasteiger partial charge >= 0.3 is 11.9 Å². The van der Waals surface area contributed by atoms with Crippen molar-refractivity contribution in [2.75, 3.05) is 26.9 Å². The van der Waals surface area contributed by atoms with Crippen molar-refractivity contribution in [1.29, 1.82) is 0 Å². The minimum atomic E-state index is -0.836. The van der Waals surface area contributed by atoms with E-state index in [-0.39, 0.29) is 30.1 Å². The molecule has 204 valence electrons. The Bertz CT molecular complexity index is 1620. The number of aromatic nitrogens is 1. The first-order chi connectivity index (χ1) is 18.7. The van der Waals surface area contributed by atoms with Crippen LogP contribution < -0.4 is 24.4 Å². The predicted molar refractivity (Wildman–Crippen MR) is 147 cm³/mol. The maximum atomic E-state index is 13.8. The molecule has 2 aromatic carbocycles. The van der Waals surface area contributed by atoms with E-state index >= 15 is 0 Å². The largest absolute Gasteiger partial charge is 0.490 e. The van der Waals surface area contributed by atoms with Crippen molar-refractivity contribution in [2.45, 2.75) is 26.8 Å². The molecule has 0 bridgehead atoms. The van der Waals surface area contributed by atoms with Gasteiger partial charge in [0.1, 0.15) is 12.6 Å². The van der Waals surface area contributed by atoms with Gasteiger partial charge in [-0.25, -0.2) is 9.79 Å². The monoisotopic (exact) mass is 570 g/mol. The highest BCUT2D eigenvalue weighted by Crippen LogP contribution is 2.34. The molecule has 0 saturated heterocycles. The van der Waals surface area contributed by atoms with Crippen LogP contribution in [-0.4, -0.2) is 43.4 Å². The molecule has 0 aliphatic carbocycles. The van der Waals surface area contributed by atoms with Crippen molar-refractivity contribution in [1.82, 2.24) is 4.57 Å². The first-order valence-electron chi connectivity index (χ1n) is 12.1. The van der Waals surface area contributed by atoms with Crippen LogP contribution in [0.3, 0.4) is 0 Å². The molecule has 1 aliphatic rings. The average molecular weight is 571 g/mol. The van der Waals surface area contributed by atoms with E-state index in [1.54, 1.807) is 55.5 Å². The fourth-order valence-corrected chi connectivity index (χ4v) is 5.43. The second kappa shape index (κ2) is 12.4. The lowest BCUT2D eigenvalue weighted by Crippen LogP contribution is -2.40. The first kappa shape index (κ1) is 28.3. The van der Waals surface area contributed by atoms with Gasteiger partial charge in [0.15, 0.2) is 16.3 Å². The van der Waals surface area contributed by atoms with Gasteiger partial charge in [-0.3, -0.25) is 14.2 Å². The molecular weight excluding hydrogens is 544 g/mol. The van der Waals surface area contributed by atoms with E-state index in [4.69, 9.17) is 30.5 Å². The molecule has 3 aromatic rings. The highest BCUT2D eigenvalue weighted by molar-refractivity contribution is 7.07. The number of ether oxygens (including phenoxy) is 4. The molecule has 1 unspecified atom stereocenters. The highest BCUT2D eigenvalue weighted by atomic mass is 35.5. The van der Waals surface area contributed by atoms with Crippen molar-refractivity contribution in [2.24, 2.45) is 4.99 Å². The maximum absolute atomic E-state index is 13.8. The summed E-state index contributed by atoms with van der Waals surface area (Å²) >= 11 is 7.75. The molecule has 0 fully saturated rings. The molecule has 0 spiro atoms. The third kappa shape index (κ3) is 6.13. The Morgan fingerprint density at radius 3 is 2.62 bits per heavy atom. The van der Waals surface area contributed by atoms with Gasteiger partial charge in [-0.15, -0.1) is 0 Å². The molecule has 0 N–H and O–H groups in total. The molecule has 11 heteroatoms. The van der Waals surface area contributed by atoms with E-state index in [0.29, 0.717) is 43.5 Å². The third-order valence-corrected chi connectivity index (χ3v) is 7.11. The van der Waals surface area contributed by atoms with E-state index in [1.165, 1.54) is 29.9 Å². The average Bonchev–Trinajstić information content (AvgIpc) is 3.19. The molecule has 9 nitrogen and oxygen atoms in total. The number of rotatable bonds is 9. The minimum Gasteiger partial charge on any atom is -0.490 e. The summed E-state index contributed by atoms with van der Waals surface area (Å²) in [7, 11) is 1.51. The molecule has 2 heterocycles. The summed E-state index contributed by atoms with van der Waals surface area (Å²) in [5, 5.41) is 0.399. The molecule has 0 saturated carbocycles. The van der Waals surface area contributed by atoms with Crippen LogP contribution in [0, 0.1) is 0 Å². The van der Waals surface area contributed by atoms with Crippen molar-refractivity contribution >= 4 is 41.0 Å². The highest BCUT2D eigenvalue weighted by Gasteiger charge is 2.34. The summed E-state index contributed by atoms with van der Waals surface area (Å²) in [4.78, 5) is 43.5. The molecular formula is C28H27ClN2O7S. The molecule has 0 amide bonds. The number of esters is 2. The zero-order valence-corrected chi connectivity index (χ0v) is 23.4. The van der Waals surface area contributed by atoms with Crippen LogP contribution in [-0.2, 0) is 19.1 Å². The van der Waals surface area contributed by atoms with Gasteiger partial charge in [0.25, 0.3) is 5.56 Å². The van der Waals surface area contributed by atoms with Crippen LogP contribution >= 0.6 is 22.9 Å². The number of methoxy groups -OCH3 is 1. The number of benzene rings is 2. The number of fused-ring (bicyclic) bond motifs is 1. The fraction of sp³-hybridized carbons (Fsp3) is 0.286. The van der Waals surface area contributed by atoms with Gasteiger partial charge in [-0.1, -0.05) is 47.2 Å². The van der Waals surface area contributed by atoms with Crippen LogP contribution in [0.1, 0.15) is 37.9 Å². The van der Waals surface area contributed by atoms with Crippen LogP contribution in [0.4, 0.5) is 0 Å². The van der Waals surface area contributed by atoms with Gasteiger partial charge in [0.2, 0.25) is 0 Å². The normalized spacial score (nSPS) is 15.0. The van der Waals surface area contributed by atoms with Gasteiger partial charge in [-0.05, 0) is 49.2 Å². The van der Waals surface area contributed by atoms with Crippen LogP contribution in [0.5, 0.6) is 11.5 Å². The number of hydrogen-bond acceptors (Lipinski definition) is 9. The molecule has 1 aliphatic heterocycles. The zero-order chi connectivity index (χ0) is 28.1. The van der Waals surface area contributed by atoms with Crippen LogP contribution in [0.15, 0.2) is 63.5 Å². The number of hydrogen-bond donors (Lipinski definition) is 0. The van der Waals surface area contributed by atoms with Crippen LogP contribution in [0.2, 0.25) is 5.02 Å². The minimum absolute atomic E-state index is 0.0529. The second-order valence-corrected chi connectivity index (χ2v) is 9.88. The summed E-state index contributed by atoms with van der Waals surface area (Å²) in [5.41, 5.74) is 1.54. The van der Waals surface area contributed by atoms with Gasteiger partial charge in [0, 0.05) is 19.1 Å². The molecule has 1 atom stereocenters. The van der Waals surface area contributed by atoms with Gasteiger partial charge < -0.3 is 18.9 Å². The fourth-order valence-electron chi connectivity index (χ4n) is 4.14. The van der Waals surface area contributed by atoms with E-state index < -0.39 is 18.0 Å². The molecule has 39 heavy (non-hydrogen) atoms. The lowest BCUT2D eigenvalue weighted by Gasteiger charge is -2.25. The van der Waals surface area contributed by atoms with Crippen LogP contribution in [0.25, 0.3) is 6.08 Å². The smallest absolute Gasteiger partial charge is 0.338 e. The third-order valence-electron chi connectivity index (χ3n) is 5.78. The van der Waals surface area contributed by atoms with E-state index in [2.05, 4.69) is 4.99 Å². The Labute approximate surface area is 233 Å². The number of allylic oxidation sites excluding steroid dienone is 1. The molecule has 0 radical (unpaired) electrons. The number of carbonyl (C=O) groups excluding carboxylic acids is 2. The lowest BCUT2D eigenvalue weighted by atomic mass is 9.96. The zero-order valence-electron chi connectivity index (χ0n) is 21.9. The van der Waals surface area contributed by atoms with E-state index in [9.17, 15) is 14.4 Å². The van der Waals surface area contributed by atoms with Gasteiger partial charge in [-0.2, -0.15) is 0 Å². The maximum Gasteiger partial charge on any atom is 0.338 e. The number of thiazole rings is 1. The van der Waals surface area contributed by atoms with E-state index in [1.807, 2.05) is 6.92 Å². The lowest BCUT2D eigenvalue weighted by molar-refractivity contribution is -0.140. The summed E-state index contributed by atoms with van der Waals surface area (Å²) < 4.78 is 23.1. The Balaban J connectivity index is 1.86. The van der Waals surface area contributed by atoms with Crippen molar-refractivity contribution in [3.63, 3.8) is 0 Å². The summed E-state index contributed by atoms with van der Waals surface area (Å²) in [6, 6.07) is 11.2. The van der Waals surface area contributed by atoms with E-state index in [0.717, 1.165) is 0 Å². The Kier molecular flexibility index (Phi) is 9.01. The summed E-state index contributed by atoms with van der Waals surface area (Å²) in [6.45, 7) is 5.48. The Morgan fingerprint density at radius 1 is 1.15 bits per heavy atom. The van der Waals surface area contributed by atoms with Gasteiger partial charge in [0.05, 0.1) is 29.0 Å². The molecule has 4 rings (SSSR count). The second-order valence-electron chi connectivity index (χ2n) is 8.46. The Morgan fingerprint density at radius 2 is 1.92 bits per heavy atom. The van der Waals surface area contributed by atoms with Crippen molar-refractivity contribution in [3.05, 3.63) is 89.6 Å².